The largest absolute Gasteiger partial charge is 0.491 e. The van der Waals surface area contributed by atoms with Gasteiger partial charge in [-0.05, 0) is 123 Å². The van der Waals surface area contributed by atoms with Gasteiger partial charge in [0, 0.05) is 33.2 Å². The van der Waals surface area contributed by atoms with Gasteiger partial charge in [0.05, 0.1) is 35.0 Å². The molecule has 6 nitrogen and oxygen atoms in total. The third-order valence-corrected chi connectivity index (χ3v) is 8.51. The fourth-order valence-corrected chi connectivity index (χ4v) is 5.71. The summed E-state index contributed by atoms with van der Waals surface area (Å²) in [5.74, 6) is 1.73. The van der Waals surface area contributed by atoms with E-state index in [0.29, 0.717) is 0 Å². The summed E-state index contributed by atoms with van der Waals surface area (Å²) in [6.45, 7) is 8.43. The number of ether oxygens (including phenoxy) is 2. The number of hydrogen-bond donors (Lipinski definition) is 2. The Labute approximate surface area is 269 Å². The Hall–Kier alpha value is -5.36. The van der Waals surface area contributed by atoms with Crippen molar-refractivity contribution in [1.82, 2.24) is 19.9 Å². The summed E-state index contributed by atoms with van der Waals surface area (Å²) in [6, 6.07) is 29.2. The minimum Gasteiger partial charge on any atom is -0.491 e. The van der Waals surface area contributed by atoms with E-state index in [-0.39, 0.29) is 12.2 Å². The van der Waals surface area contributed by atoms with E-state index in [4.69, 9.17) is 19.4 Å². The van der Waals surface area contributed by atoms with Gasteiger partial charge in [0.1, 0.15) is 11.5 Å². The van der Waals surface area contributed by atoms with Crippen molar-refractivity contribution in [3.05, 3.63) is 108 Å². The fourth-order valence-electron chi connectivity index (χ4n) is 5.71. The highest BCUT2D eigenvalue weighted by Gasteiger charge is 2.14. The van der Waals surface area contributed by atoms with Gasteiger partial charge in [-0.2, -0.15) is 0 Å². The summed E-state index contributed by atoms with van der Waals surface area (Å²) in [5, 5.41) is 0. The second kappa shape index (κ2) is 12.6. The smallest absolute Gasteiger partial charge is 0.119 e. The first-order chi connectivity index (χ1) is 22.4. The van der Waals surface area contributed by atoms with Crippen molar-refractivity contribution in [1.29, 1.82) is 0 Å². The number of H-pyrrole nitrogens is 2. The molecule has 2 N–H and O–H groups in total. The maximum absolute atomic E-state index is 6.05. The first-order valence-electron chi connectivity index (χ1n) is 16.1. The summed E-state index contributed by atoms with van der Waals surface area (Å²) in [6.07, 6.45) is 10.6. The molecule has 8 bridgehead atoms. The standard InChI is InChI=1S/C40H38N4O2/c1-5-25(3)45-33-15-7-27(8-16-33)39-35-19-11-29(41-35)23-31-13-21-37(43-31)40(28-9-17-34(18-10-28)46-26(4)6-2)38-22-14-32(44-38)24-30-12-20-36(39)42-30/h7-26,41,44H,5-6H2,1-4H3. The Bertz CT molecular complexity index is 1950. The Morgan fingerprint density at radius 3 is 1.35 bits per heavy atom. The molecule has 0 saturated carbocycles. The van der Waals surface area contributed by atoms with Gasteiger partial charge in [0.25, 0.3) is 0 Å². The van der Waals surface area contributed by atoms with Crippen molar-refractivity contribution < 1.29 is 9.47 Å². The number of benzene rings is 2. The van der Waals surface area contributed by atoms with Crippen LogP contribution in [0.5, 0.6) is 11.5 Å². The van der Waals surface area contributed by atoms with E-state index in [2.05, 4.69) is 123 Å². The van der Waals surface area contributed by atoms with Gasteiger partial charge >= 0.3 is 0 Å². The second-order valence-corrected chi connectivity index (χ2v) is 11.9. The molecule has 0 spiro atoms. The number of aromatic amines is 2. The van der Waals surface area contributed by atoms with Crippen LogP contribution in [-0.2, 0) is 0 Å². The Morgan fingerprint density at radius 2 is 0.957 bits per heavy atom. The summed E-state index contributed by atoms with van der Waals surface area (Å²) in [5.41, 5.74) is 11.6. The Kier molecular flexibility index (Phi) is 8.02. The predicted molar refractivity (Wildman–Crippen MR) is 190 cm³/mol. The highest BCUT2D eigenvalue weighted by atomic mass is 16.5. The van der Waals surface area contributed by atoms with E-state index in [1.165, 1.54) is 0 Å². The molecule has 5 heterocycles. The van der Waals surface area contributed by atoms with Crippen LogP contribution in [0.2, 0.25) is 0 Å². The maximum Gasteiger partial charge on any atom is 0.119 e. The fraction of sp³-hybridized carbons (Fsp3) is 0.200. The zero-order valence-electron chi connectivity index (χ0n) is 26.7. The lowest BCUT2D eigenvalue weighted by atomic mass is 10.0. The third kappa shape index (κ3) is 6.11. The van der Waals surface area contributed by atoms with E-state index < -0.39 is 0 Å². The van der Waals surface area contributed by atoms with Gasteiger partial charge in [0.2, 0.25) is 0 Å². The number of aromatic nitrogens is 4. The Morgan fingerprint density at radius 1 is 0.543 bits per heavy atom. The SMILES string of the molecule is CCC(C)Oc1ccc(-c2c3nc(cc4ccc([nH]4)c(-c4ccc(OC(C)CC)cc4)c4nc(cc5ccc2[nH]5)C=C4)C=C3)cc1. The monoisotopic (exact) mass is 606 g/mol. The number of nitrogens with one attached hydrogen (secondary N) is 2. The zero-order chi connectivity index (χ0) is 31.6. The molecule has 0 amide bonds. The molecular weight excluding hydrogens is 568 g/mol. The van der Waals surface area contributed by atoms with Gasteiger partial charge in [-0.15, -0.1) is 0 Å². The van der Waals surface area contributed by atoms with E-state index in [1.54, 1.807) is 0 Å². The zero-order valence-corrected chi connectivity index (χ0v) is 26.7. The normalized spacial score (nSPS) is 13.5. The number of fused-ring (bicyclic) bond motifs is 8. The number of rotatable bonds is 8. The molecule has 0 fully saturated rings. The lowest BCUT2D eigenvalue weighted by Gasteiger charge is -2.13. The first-order valence-corrected chi connectivity index (χ1v) is 16.1. The predicted octanol–water partition coefficient (Wildman–Crippen LogP) is 10.3. The van der Waals surface area contributed by atoms with Crippen molar-refractivity contribution in [2.45, 2.75) is 52.7 Å². The molecule has 46 heavy (non-hydrogen) atoms. The first kappa shape index (κ1) is 29.4. The molecule has 3 aromatic heterocycles. The maximum atomic E-state index is 6.05. The average molecular weight is 607 g/mol. The number of nitrogens with zero attached hydrogens (tertiary/aromatic N) is 2. The van der Waals surface area contributed by atoms with Crippen LogP contribution in [0.3, 0.4) is 0 Å². The Balaban J connectivity index is 1.40. The van der Waals surface area contributed by atoms with E-state index in [1.807, 2.05) is 24.3 Å². The van der Waals surface area contributed by atoms with Gasteiger partial charge < -0.3 is 19.4 Å². The van der Waals surface area contributed by atoms with Crippen molar-refractivity contribution in [2.75, 3.05) is 0 Å². The van der Waals surface area contributed by atoms with Crippen LogP contribution in [0.1, 0.15) is 63.3 Å². The lowest BCUT2D eigenvalue weighted by Crippen LogP contribution is -2.09. The van der Waals surface area contributed by atoms with Crippen LogP contribution in [0, 0.1) is 0 Å². The van der Waals surface area contributed by atoms with Crippen molar-refractivity contribution in [3.8, 4) is 33.8 Å². The van der Waals surface area contributed by atoms with Crippen LogP contribution >= 0.6 is 0 Å². The summed E-state index contributed by atoms with van der Waals surface area (Å²) in [7, 11) is 0. The van der Waals surface area contributed by atoms with Crippen molar-refractivity contribution in [2.24, 2.45) is 0 Å². The van der Waals surface area contributed by atoms with E-state index >= 15 is 0 Å². The van der Waals surface area contributed by atoms with E-state index in [0.717, 1.165) is 91.4 Å². The highest BCUT2D eigenvalue weighted by molar-refractivity contribution is 5.93. The molecule has 5 aromatic rings. The molecular formula is C40H38N4O2. The van der Waals surface area contributed by atoms with Crippen LogP contribution in [0.15, 0.2) is 84.9 Å². The topological polar surface area (TPSA) is 75.8 Å². The number of hydrogen-bond acceptors (Lipinski definition) is 4. The van der Waals surface area contributed by atoms with Crippen LogP contribution in [0.4, 0.5) is 0 Å². The van der Waals surface area contributed by atoms with Crippen LogP contribution in [0.25, 0.3) is 68.6 Å². The van der Waals surface area contributed by atoms with Crippen molar-refractivity contribution in [3.63, 3.8) is 0 Å². The summed E-state index contributed by atoms with van der Waals surface area (Å²) >= 11 is 0. The molecule has 0 saturated heterocycles. The van der Waals surface area contributed by atoms with E-state index in [9.17, 15) is 0 Å². The van der Waals surface area contributed by atoms with Crippen LogP contribution < -0.4 is 9.47 Å². The quantitative estimate of drug-likeness (QED) is 0.180. The lowest BCUT2D eigenvalue weighted by molar-refractivity contribution is 0.217. The molecule has 0 aliphatic carbocycles. The summed E-state index contributed by atoms with van der Waals surface area (Å²) in [4.78, 5) is 17.4. The molecule has 2 aliphatic rings. The van der Waals surface area contributed by atoms with Gasteiger partial charge in [0.15, 0.2) is 0 Å². The molecule has 2 aliphatic heterocycles. The molecule has 2 unspecified atom stereocenters. The molecule has 0 radical (unpaired) electrons. The summed E-state index contributed by atoms with van der Waals surface area (Å²) < 4.78 is 12.1. The van der Waals surface area contributed by atoms with Gasteiger partial charge in [-0.3, -0.25) is 0 Å². The molecule has 2 aromatic carbocycles. The molecule has 6 heteroatoms. The molecule has 2 atom stereocenters. The molecule has 230 valence electrons. The minimum absolute atomic E-state index is 0.166. The van der Waals surface area contributed by atoms with Gasteiger partial charge in [-0.25, -0.2) is 9.97 Å². The third-order valence-electron chi connectivity index (χ3n) is 8.51. The average Bonchev–Trinajstić information content (AvgIpc) is 3.89. The highest BCUT2D eigenvalue weighted by Crippen LogP contribution is 2.33. The van der Waals surface area contributed by atoms with Crippen molar-refractivity contribution >= 4 is 46.4 Å². The van der Waals surface area contributed by atoms with Crippen LogP contribution in [-0.4, -0.2) is 32.1 Å². The second-order valence-electron chi connectivity index (χ2n) is 11.9. The minimum atomic E-state index is 0.166. The van der Waals surface area contributed by atoms with Gasteiger partial charge in [-0.1, -0.05) is 38.1 Å². The molecule has 7 rings (SSSR count).